The van der Waals surface area contributed by atoms with Crippen molar-refractivity contribution in [2.75, 3.05) is 20.1 Å². The summed E-state index contributed by atoms with van der Waals surface area (Å²) >= 11 is 0. The second-order valence-corrected chi connectivity index (χ2v) is 7.04. The van der Waals surface area contributed by atoms with E-state index in [0.717, 1.165) is 12.1 Å². The molecule has 1 aromatic rings. The van der Waals surface area contributed by atoms with Crippen LogP contribution in [0.25, 0.3) is 0 Å². The van der Waals surface area contributed by atoms with E-state index in [0.29, 0.717) is 12.5 Å². The van der Waals surface area contributed by atoms with E-state index in [9.17, 15) is 17.6 Å². The summed E-state index contributed by atoms with van der Waals surface area (Å²) in [5, 5.41) is 0. The summed E-state index contributed by atoms with van der Waals surface area (Å²) in [6.07, 6.45) is 0.0869. The summed E-state index contributed by atoms with van der Waals surface area (Å²) in [7, 11) is -2.02. The van der Waals surface area contributed by atoms with Crippen molar-refractivity contribution in [1.29, 1.82) is 0 Å². The molecule has 0 atom stereocenters. The lowest BCUT2D eigenvalue weighted by Crippen LogP contribution is -2.34. The molecule has 21 heavy (non-hydrogen) atoms. The number of benzene rings is 1. The number of sulfonamides is 1. The number of halogens is 1. The molecule has 0 radical (unpaired) electrons. The van der Waals surface area contributed by atoms with Crippen molar-refractivity contribution in [3.8, 4) is 0 Å². The van der Waals surface area contributed by atoms with Crippen LogP contribution in [0.4, 0.5) is 4.39 Å². The van der Waals surface area contributed by atoms with Crippen molar-refractivity contribution >= 4 is 15.9 Å². The summed E-state index contributed by atoms with van der Waals surface area (Å²) in [4.78, 5) is 13.3. The minimum Gasteiger partial charge on any atom is -0.345 e. The van der Waals surface area contributed by atoms with Gasteiger partial charge in [-0.1, -0.05) is 13.8 Å². The first-order valence-corrected chi connectivity index (χ1v) is 8.20. The van der Waals surface area contributed by atoms with Crippen molar-refractivity contribution in [3.05, 3.63) is 30.1 Å². The Kier molecular flexibility index (Phi) is 6.29. The van der Waals surface area contributed by atoms with Gasteiger partial charge in [0.2, 0.25) is 15.9 Å². The van der Waals surface area contributed by atoms with E-state index in [1.807, 2.05) is 13.8 Å². The highest BCUT2D eigenvalue weighted by Gasteiger charge is 2.15. The SMILES string of the molecule is CC(C)CN(C)C(=O)CCNS(=O)(=O)c1ccc(F)cc1. The third-order valence-corrected chi connectivity index (χ3v) is 4.30. The molecule has 0 fully saturated rings. The lowest BCUT2D eigenvalue weighted by atomic mass is 10.2. The Morgan fingerprint density at radius 1 is 1.29 bits per heavy atom. The number of hydrogen-bond acceptors (Lipinski definition) is 3. The zero-order valence-electron chi connectivity index (χ0n) is 12.5. The minimum atomic E-state index is -3.71. The molecule has 1 rings (SSSR count). The number of hydrogen-bond donors (Lipinski definition) is 1. The number of carbonyl (C=O) groups excluding carboxylic acids is 1. The third kappa shape index (κ3) is 5.81. The fourth-order valence-corrected chi connectivity index (χ4v) is 2.86. The molecule has 0 aliphatic carbocycles. The van der Waals surface area contributed by atoms with E-state index < -0.39 is 15.8 Å². The lowest BCUT2D eigenvalue weighted by molar-refractivity contribution is -0.130. The van der Waals surface area contributed by atoms with Crippen LogP contribution in [0.15, 0.2) is 29.2 Å². The molecular weight excluding hydrogens is 295 g/mol. The predicted octanol–water partition coefficient (Wildman–Crippen LogP) is 1.61. The molecule has 0 saturated heterocycles. The van der Waals surface area contributed by atoms with Crippen LogP contribution in [-0.2, 0) is 14.8 Å². The Hall–Kier alpha value is -1.47. The largest absolute Gasteiger partial charge is 0.345 e. The number of nitrogens with zero attached hydrogens (tertiary/aromatic N) is 1. The summed E-state index contributed by atoms with van der Waals surface area (Å²) < 4.78 is 38.9. The van der Waals surface area contributed by atoms with Crippen molar-refractivity contribution in [2.45, 2.75) is 25.2 Å². The second kappa shape index (κ2) is 7.51. The van der Waals surface area contributed by atoms with Crippen LogP contribution in [0.1, 0.15) is 20.3 Å². The molecular formula is C14H21FN2O3S. The van der Waals surface area contributed by atoms with Crippen molar-refractivity contribution in [1.82, 2.24) is 9.62 Å². The second-order valence-electron chi connectivity index (χ2n) is 5.27. The molecule has 0 saturated carbocycles. The van der Waals surface area contributed by atoms with Crippen molar-refractivity contribution < 1.29 is 17.6 Å². The molecule has 0 bridgehead atoms. The van der Waals surface area contributed by atoms with Gasteiger partial charge in [-0.3, -0.25) is 4.79 Å². The summed E-state index contributed by atoms with van der Waals surface area (Å²) in [6, 6.07) is 4.53. The monoisotopic (exact) mass is 316 g/mol. The first-order valence-electron chi connectivity index (χ1n) is 6.71. The fraction of sp³-hybridized carbons (Fsp3) is 0.500. The van der Waals surface area contributed by atoms with Gasteiger partial charge in [-0.15, -0.1) is 0 Å². The summed E-state index contributed by atoms with van der Waals surface area (Å²) in [5.74, 6) is -0.264. The van der Waals surface area contributed by atoms with Crippen LogP contribution in [0, 0.1) is 11.7 Å². The van der Waals surface area contributed by atoms with E-state index in [1.165, 1.54) is 12.1 Å². The topological polar surface area (TPSA) is 66.5 Å². The molecule has 1 amide bonds. The smallest absolute Gasteiger partial charge is 0.240 e. The Morgan fingerprint density at radius 2 is 1.86 bits per heavy atom. The van der Waals surface area contributed by atoms with Gasteiger partial charge in [0.15, 0.2) is 0 Å². The molecule has 118 valence electrons. The normalized spacial score (nSPS) is 11.7. The maximum Gasteiger partial charge on any atom is 0.240 e. The van der Waals surface area contributed by atoms with Gasteiger partial charge < -0.3 is 4.90 Å². The molecule has 5 nitrogen and oxygen atoms in total. The summed E-state index contributed by atoms with van der Waals surface area (Å²) in [6.45, 7) is 4.65. The molecule has 0 spiro atoms. The molecule has 1 N–H and O–H groups in total. The van der Waals surface area contributed by atoms with E-state index in [-0.39, 0.29) is 23.8 Å². The van der Waals surface area contributed by atoms with Crippen LogP contribution in [0.3, 0.4) is 0 Å². The number of rotatable bonds is 7. The number of carbonyl (C=O) groups is 1. The third-order valence-electron chi connectivity index (χ3n) is 2.82. The van der Waals surface area contributed by atoms with E-state index in [1.54, 1.807) is 11.9 Å². The number of nitrogens with one attached hydrogen (secondary N) is 1. The molecule has 0 aliphatic heterocycles. The average molecular weight is 316 g/mol. The Morgan fingerprint density at radius 3 is 2.38 bits per heavy atom. The summed E-state index contributed by atoms with van der Waals surface area (Å²) in [5.41, 5.74) is 0. The maximum absolute atomic E-state index is 12.8. The van der Waals surface area contributed by atoms with Crippen LogP contribution in [0.2, 0.25) is 0 Å². The van der Waals surface area contributed by atoms with Crippen LogP contribution in [0.5, 0.6) is 0 Å². The van der Waals surface area contributed by atoms with Gasteiger partial charge in [-0.05, 0) is 30.2 Å². The Bertz CT molecular complexity index is 570. The van der Waals surface area contributed by atoms with E-state index in [4.69, 9.17) is 0 Å². The zero-order valence-corrected chi connectivity index (χ0v) is 13.3. The van der Waals surface area contributed by atoms with Crippen LogP contribution < -0.4 is 4.72 Å². The molecule has 0 heterocycles. The molecule has 0 aromatic heterocycles. The standard InChI is InChI=1S/C14H21FN2O3S/c1-11(2)10-17(3)14(18)8-9-16-21(19,20)13-6-4-12(15)5-7-13/h4-7,11,16H,8-10H2,1-3H3. The zero-order chi connectivity index (χ0) is 16.0. The van der Waals surface area contributed by atoms with Gasteiger partial charge in [0.05, 0.1) is 4.90 Å². The van der Waals surface area contributed by atoms with Gasteiger partial charge >= 0.3 is 0 Å². The molecule has 0 aliphatic rings. The van der Waals surface area contributed by atoms with Gasteiger partial charge in [-0.2, -0.15) is 0 Å². The van der Waals surface area contributed by atoms with Crippen LogP contribution >= 0.6 is 0 Å². The quantitative estimate of drug-likeness (QED) is 0.831. The lowest BCUT2D eigenvalue weighted by Gasteiger charge is -2.19. The van der Waals surface area contributed by atoms with Crippen molar-refractivity contribution in [3.63, 3.8) is 0 Å². The van der Waals surface area contributed by atoms with Crippen LogP contribution in [-0.4, -0.2) is 39.4 Å². The first kappa shape index (κ1) is 17.6. The first-order chi connectivity index (χ1) is 9.72. The fourth-order valence-electron chi connectivity index (χ4n) is 1.83. The molecule has 1 aromatic carbocycles. The van der Waals surface area contributed by atoms with Gasteiger partial charge in [0, 0.05) is 26.6 Å². The highest BCUT2D eigenvalue weighted by atomic mass is 32.2. The Labute approximate surface area is 125 Å². The van der Waals surface area contributed by atoms with Gasteiger partial charge in [-0.25, -0.2) is 17.5 Å². The average Bonchev–Trinajstić information content (AvgIpc) is 2.38. The minimum absolute atomic E-state index is 0.0149. The molecule has 0 unspecified atom stereocenters. The van der Waals surface area contributed by atoms with Gasteiger partial charge in [0.25, 0.3) is 0 Å². The maximum atomic E-state index is 12.8. The predicted molar refractivity (Wildman–Crippen MR) is 78.7 cm³/mol. The molecule has 7 heteroatoms. The Balaban J connectivity index is 2.51. The number of amides is 1. The highest BCUT2D eigenvalue weighted by molar-refractivity contribution is 7.89. The van der Waals surface area contributed by atoms with E-state index in [2.05, 4.69) is 4.72 Å². The highest BCUT2D eigenvalue weighted by Crippen LogP contribution is 2.09. The van der Waals surface area contributed by atoms with E-state index >= 15 is 0 Å². The van der Waals surface area contributed by atoms with Gasteiger partial charge in [0.1, 0.15) is 5.82 Å². The van der Waals surface area contributed by atoms with Crippen molar-refractivity contribution in [2.24, 2.45) is 5.92 Å².